The van der Waals surface area contributed by atoms with Crippen LogP contribution in [0.5, 0.6) is 0 Å². The molecular formula is C24H22FNO3. The minimum atomic E-state index is -0.831. The standard InChI is InChI=1S/C24H22FNO3/c25-21-13-7-12-20(14-21)16-23(27)26-22(15-18-8-3-1-4-9-18)24(28)29-17-19-10-5-2-6-11-19/h1-14,22H,15-17H2,(H,26,27)/t22-/m0/s1. The number of hydrogen-bond acceptors (Lipinski definition) is 3. The van der Waals surface area contributed by atoms with E-state index in [1.807, 2.05) is 60.7 Å². The van der Waals surface area contributed by atoms with Crippen LogP contribution in [0.2, 0.25) is 0 Å². The monoisotopic (exact) mass is 391 g/mol. The van der Waals surface area contributed by atoms with Crippen LogP contribution in [0, 0.1) is 5.82 Å². The van der Waals surface area contributed by atoms with Crippen LogP contribution in [-0.4, -0.2) is 17.9 Å². The average molecular weight is 391 g/mol. The maximum Gasteiger partial charge on any atom is 0.329 e. The van der Waals surface area contributed by atoms with Crippen molar-refractivity contribution in [2.75, 3.05) is 0 Å². The predicted octanol–water partition coefficient (Wildman–Crippen LogP) is 3.84. The molecule has 0 aliphatic heterocycles. The molecule has 1 N–H and O–H groups in total. The number of nitrogens with one attached hydrogen (secondary N) is 1. The predicted molar refractivity (Wildman–Crippen MR) is 108 cm³/mol. The summed E-state index contributed by atoms with van der Waals surface area (Å²) in [6.45, 7) is 0.130. The second kappa shape index (κ2) is 10.2. The first-order valence-corrected chi connectivity index (χ1v) is 9.38. The first kappa shape index (κ1) is 20.3. The van der Waals surface area contributed by atoms with E-state index in [-0.39, 0.29) is 18.9 Å². The van der Waals surface area contributed by atoms with Gasteiger partial charge in [0.15, 0.2) is 0 Å². The zero-order valence-electron chi connectivity index (χ0n) is 15.9. The first-order valence-electron chi connectivity index (χ1n) is 9.38. The lowest BCUT2D eigenvalue weighted by Gasteiger charge is -2.18. The van der Waals surface area contributed by atoms with Gasteiger partial charge in [-0.2, -0.15) is 0 Å². The molecule has 5 heteroatoms. The van der Waals surface area contributed by atoms with Crippen LogP contribution in [0.15, 0.2) is 84.9 Å². The van der Waals surface area contributed by atoms with Crippen molar-refractivity contribution in [2.45, 2.75) is 25.5 Å². The molecule has 0 radical (unpaired) electrons. The number of ether oxygens (including phenoxy) is 1. The van der Waals surface area contributed by atoms with Crippen molar-refractivity contribution in [1.82, 2.24) is 5.32 Å². The van der Waals surface area contributed by atoms with Gasteiger partial charge in [0, 0.05) is 6.42 Å². The summed E-state index contributed by atoms with van der Waals surface area (Å²) in [6, 6.07) is 23.8. The molecule has 3 rings (SSSR count). The first-order chi connectivity index (χ1) is 14.1. The molecular weight excluding hydrogens is 369 g/mol. The molecule has 0 spiro atoms. The Kier molecular flexibility index (Phi) is 7.11. The number of carbonyl (C=O) groups is 2. The van der Waals surface area contributed by atoms with Crippen molar-refractivity contribution in [2.24, 2.45) is 0 Å². The van der Waals surface area contributed by atoms with Crippen LogP contribution in [0.1, 0.15) is 16.7 Å². The minimum Gasteiger partial charge on any atom is -0.459 e. The van der Waals surface area contributed by atoms with Gasteiger partial charge in [-0.3, -0.25) is 4.79 Å². The van der Waals surface area contributed by atoms with Crippen molar-refractivity contribution in [3.05, 3.63) is 107 Å². The fourth-order valence-corrected chi connectivity index (χ4v) is 2.95. The van der Waals surface area contributed by atoms with Gasteiger partial charge in [-0.25, -0.2) is 9.18 Å². The van der Waals surface area contributed by atoms with Crippen molar-refractivity contribution in [3.8, 4) is 0 Å². The van der Waals surface area contributed by atoms with Gasteiger partial charge in [0.05, 0.1) is 6.42 Å². The van der Waals surface area contributed by atoms with Gasteiger partial charge in [0.1, 0.15) is 18.5 Å². The number of amides is 1. The fraction of sp³-hybridized carbons (Fsp3) is 0.167. The summed E-state index contributed by atoms with van der Waals surface area (Å²) in [6.07, 6.45) is 0.290. The van der Waals surface area contributed by atoms with Gasteiger partial charge >= 0.3 is 5.97 Å². The number of benzene rings is 3. The molecule has 0 bridgehead atoms. The highest BCUT2D eigenvalue weighted by atomic mass is 19.1. The Hall–Kier alpha value is -3.47. The Bertz CT molecular complexity index is 945. The Labute approximate surface area is 169 Å². The number of halogens is 1. The molecule has 4 nitrogen and oxygen atoms in total. The van der Waals surface area contributed by atoms with Crippen LogP contribution in [0.3, 0.4) is 0 Å². The molecule has 1 atom stereocenters. The van der Waals surface area contributed by atoms with E-state index in [2.05, 4.69) is 5.32 Å². The van der Waals surface area contributed by atoms with E-state index in [0.717, 1.165) is 11.1 Å². The van der Waals surface area contributed by atoms with E-state index in [0.29, 0.717) is 12.0 Å². The lowest BCUT2D eigenvalue weighted by molar-refractivity contribution is -0.149. The van der Waals surface area contributed by atoms with E-state index < -0.39 is 17.8 Å². The maximum atomic E-state index is 13.4. The lowest BCUT2D eigenvalue weighted by atomic mass is 10.1. The molecule has 1 amide bonds. The Morgan fingerprint density at radius 1 is 0.828 bits per heavy atom. The highest BCUT2D eigenvalue weighted by molar-refractivity contribution is 5.85. The van der Waals surface area contributed by atoms with E-state index in [1.165, 1.54) is 12.1 Å². The third kappa shape index (κ3) is 6.57. The topological polar surface area (TPSA) is 55.4 Å². The Balaban J connectivity index is 1.66. The van der Waals surface area contributed by atoms with Gasteiger partial charge in [0.25, 0.3) is 0 Å². The van der Waals surface area contributed by atoms with Gasteiger partial charge in [-0.15, -0.1) is 0 Å². The molecule has 0 unspecified atom stereocenters. The highest BCUT2D eigenvalue weighted by Gasteiger charge is 2.23. The number of hydrogen-bond donors (Lipinski definition) is 1. The van der Waals surface area contributed by atoms with Gasteiger partial charge < -0.3 is 10.1 Å². The Morgan fingerprint density at radius 3 is 2.10 bits per heavy atom. The molecule has 148 valence electrons. The summed E-state index contributed by atoms with van der Waals surface area (Å²) in [5.74, 6) is -1.28. The lowest BCUT2D eigenvalue weighted by Crippen LogP contribution is -2.44. The second-order valence-corrected chi connectivity index (χ2v) is 6.71. The van der Waals surface area contributed by atoms with Crippen LogP contribution in [0.25, 0.3) is 0 Å². The molecule has 0 aliphatic carbocycles. The molecule has 0 saturated heterocycles. The summed E-state index contributed by atoms with van der Waals surface area (Å²) in [5.41, 5.74) is 2.31. The highest BCUT2D eigenvalue weighted by Crippen LogP contribution is 2.09. The molecule has 3 aromatic carbocycles. The summed E-state index contributed by atoms with van der Waals surface area (Å²) in [5, 5.41) is 2.73. The van der Waals surface area contributed by atoms with E-state index in [4.69, 9.17) is 4.74 Å². The number of carbonyl (C=O) groups excluding carboxylic acids is 2. The SMILES string of the molecule is O=C(Cc1cccc(F)c1)N[C@@H](Cc1ccccc1)C(=O)OCc1ccccc1. The van der Waals surface area contributed by atoms with E-state index in [9.17, 15) is 14.0 Å². The van der Waals surface area contributed by atoms with Gasteiger partial charge in [-0.1, -0.05) is 72.8 Å². The number of esters is 1. The molecule has 3 aromatic rings. The van der Waals surface area contributed by atoms with E-state index in [1.54, 1.807) is 12.1 Å². The normalized spacial score (nSPS) is 11.5. The van der Waals surface area contributed by atoms with Gasteiger partial charge in [-0.05, 0) is 28.8 Å². The molecule has 0 heterocycles. The van der Waals surface area contributed by atoms with E-state index >= 15 is 0 Å². The fourth-order valence-electron chi connectivity index (χ4n) is 2.95. The summed E-state index contributed by atoms with van der Waals surface area (Å²) in [7, 11) is 0. The van der Waals surface area contributed by atoms with Crippen LogP contribution in [-0.2, 0) is 33.8 Å². The third-order valence-corrected chi connectivity index (χ3v) is 4.38. The largest absolute Gasteiger partial charge is 0.459 e. The smallest absolute Gasteiger partial charge is 0.329 e. The zero-order chi connectivity index (χ0) is 20.5. The second-order valence-electron chi connectivity index (χ2n) is 6.71. The quantitative estimate of drug-likeness (QED) is 0.594. The Morgan fingerprint density at radius 2 is 1.45 bits per heavy atom. The van der Waals surface area contributed by atoms with Crippen molar-refractivity contribution >= 4 is 11.9 Å². The molecule has 0 aromatic heterocycles. The van der Waals surface area contributed by atoms with Crippen LogP contribution >= 0.6 is 0 Å². The summed E-state index contributed by atoms with van der Waals surface area (Å²) in [4.78, 5) is 25.1. The molecule has 29 heavy (non-hydrogen) atoms. The third-order valence-electron chi connectivity index (χ3n) is 4.38. The minimum absolute atomic E-state index is 0.0188. The summed E-state index contributed by atoms with van der Waals surface area (Å²) < 4.78 is 18.8. The molecule has 0 aliphatic rings. The molecule has 0 fully saturated rings. The van der Waals surface area contributed by atoms with Crippen LogP contribution < -0.4 is 5.32 Å². The zero-order valence-corrected chi connectivity index (χ0v) is 15.9. The van der Waals surface area contributed by atoms with Crippen molar-refractivity contribution in [3.63, 3.8) is 0 Å². The van der Waals surface area contributed by atoms with Crippen molar-refractivity contribution < 1.29 is 18.7 Å². The molecule has 0 saturated carbocycles. The van der Waals surface area contributed by atoms with Crippen LogP contribution in [0.4, 0.5) is 4.39 Å². The average Bonchev–Trinajstić information content (AvgIpc) is 2.73. The van der Waals surface area contributed by atoms with Gasteiger partial charge in [0.2, 0.25) is 5.91 Å². The van der Waals surface area contributed by atoms with Crippen molar-refractivity contribution in [1.29, 1.82) is 0 Å². The maximum absolute atomic E-state index is 13.4. The summed E-state index contributed by atoms with van der Waals surface area (Å²) >= 11 is 0. The number of rotatable bonds is 8.